The number of para-hydroxylation sites is 1. The van der Waals surface area contributed by atoms with Crippen LogP contribution in [0.4, 0.5) is 5.69 Å². The van der Waals surface area contributed by atoms with Crippen molar-refractivity contribution in [2.75, 3.05) is 18.4 Å². The van der Waals surface area contributed by atoms with E-state index in [2.05, 4.69) is 27.3 Å². The first kappa shape index (κ1) is 16.1. The Bertz CT molecular complexity index is 650. The third-order valence-electron chi connectivity index (χ3n) is 4.39. The molecule has 0 aliphatic carbocycles. The predicted octanol–water partition coefficient (Wildman–Crippen LogP) is 3.26. The summed E-state index contributed by atoms with van der Waals surface area (Å²) in [6.07, 6.45) is 1.78. The van der Waals surface area contributed by atoms with Gasteiger partial charge in [-0.1, -0.05) is 18.2 Å². The molecule has 2 heterocycles. The molecule has 122 valence electrons. The third kappa shape index (κ3) is 3.95. The molecule has 2 aromatic rings. The number of amides is 1. The first-order chi connectivity index (χ1) is 11.1. The van der Waals surface area contributed by atoms with Crippen molar-refractivity contribution in [3.8, 4) is 0 Å². The summed E-state index contributed by atoms with van der Waals surface area (Å²) in [4.78, 5) is 14.8. The number of nitrogens with one attached hydrogen (secondary N) is 1. The maximum atomic E-state index is 12.4. The van der Waals surface area contributed by atoms with Gasteiger partial charge in [-0.25, -0.2) is 0 Å². The van der Waals surface area contributed by atoms with Gasteiger partial charge in [0.05, 0.1) is 6.04 Å². The summed E-state index contributed by atoms with van der Waals surface area (Å²) >= 11 is 1.66. The predicted molar refractivity (Wildman–Crippen MR) is 92.4 cm³/mol. The lowest BCUT2D eigenvalue weighted by atomic mass is 9.95. The number of carbonyl (C=O) groups is 1. The molecule has 0 spiro atoms. The summed E-state index contributed by atoms with van der Waals surface area (Å²) in [5.74, 6) is 0.227. The minimum atomic E-state index is 0.0924. The van der Waals surface area contributed by atoms with Gasteiger partial charge in [-0.05, 0) is 51.9 Å². The van der Waals surface area contributed by atoms with Crippen molar-refractivity contribution in [2.45, 2.75) is 32.7 Å². The Morgan fingerprint density at radius 3 is 2.57 bits per heavy atom. The molecule has 1 fully saturated rings. The van der Waals surface area contributed by atoms with Crippen molar-refractivity contribution >= 4 is 22.9 Å². The quantitative estimate of drug-likeness (QED) is 0.935. The Morgan fingerprint density at radius 1 is 1.26 bits per heavy atom. The largest absolute Gasteiger partial charge is 0.326 e. The van der Waals surface area contributed by atoms with Crippen molar-refractivity contribution in [1.82, 2.24) is 15.1 Å². The van der Waals surface area contributed by atoms with E-state index >= 15 is 0 Å². The number of likely N-dealkylation sites (tertiary alicyclic amines) is 1. The van der Waals surface area contributed by atoms with Crippen LogP contribution in [0.15, 0.2) is 30.3 Å². The molecule has 0 bridgehead atoms. The second-order valence-electron chi connectivity index (χ2n) is 6.00. The van der Waals surface area contributed by atoms with Gasteiger partial charge in [-0.3, -0.25) is 9.69 Å². The zero-order valence-electron chi connectivity index (χ0n) is 13.5. The fourth-order valence-electron chi connectivity index (χ4n) is 2.95. The number of hydrogen-bond donors (Lipinski definition) is 1. The Morgan fingerprint density at radius 2 is 1.96 bits per heavy atom. The molecular formula is C17H22N4OS. The first-order valence-corrected chi connectivity index (χ1v) is 8.85. The Hall–Kier alpha value is -1.79. The second-order valence-corrected chi connectivity index (χ2v) is 7.21. The Kier molecular flexibility index (Phi) is 5.03. The van der Waals surface area contributed by atoms with Gasteiger partial charge in [0.25, 0.3) is 0 Å². The first-order valence-electron chi connectivity index (χ1n) is 8.03. The van der Waals surface area contributed by atoms with Crippen molar-refractivity contribution in [3.05, 3.63) is 40.3 Å². The maximum Gasteiger partial charge on any atom is 0.227 e. The van der Waals surface area contributed by atoms with Crippen LogP contribution in [0, 0.1) is 12.8 Å². The van der Waals surface area contributed by atoms with Gasteiger partial charge in [-0.15, -0.1) is 21.5 Å². The molecule has 6 heteroatoms. The van der Waals surface area contributed by atoms with Gasteiger partial charge in [-0.2, -0.15) is 0 Å². The number of rotatable bonds is 4. The molecule has 0 saturated carbocycles. The number of aryl methyl sites for hydroxylation is 1. The van der Waals surface area contributed by atoms with Crippen LogP contribution in [0.1, 0.15) is 35.8 Å². The molecule has 1 amide bonds. The number of anilines is 1. The van der Waals surface area contributed by atoms with Crippen molar-refractivity contribution < 1.29 is 4.79 Å². The highest BCUT2D eigenvalue weighted by Gasteiger charge is 2.28. The minimum Gasteiger partial charge on any atom is -0.326 e. The average molecular weight is 330 g/mol. The number of carbonyl (C=O) groups excluding carboxylic acids is 1. The van der Waals surface area contributed by atoms with E-state index in [1.54, 1.807) is 11.3 Å². The van der Waals surface area contributed by atoms with Gasteiger partial charge in [0.15, 0.2) is 0 Å². The van der Waals surface area contributed by atoms with Crippen molar-refractivity contribution in [1.29, 1.82) is 0 Å². The minimum absolute atomic E-state index is 0.0924. The van der Waals surface area contributed by atoms with Gasteiger partial charge >= 0.3 is 0 Å². The van der Waals surface area contributed by atoms with Crippen LogP contribution in [0.3, 0.4) is 0 Å². The molecule has 1 aliphatic heterocycles. The fraction of sp³-hybridized carbons (Fsp3) is 0.471. The standard InChI is InChI=1S/C17H22N4OS/c1-12(17-20-19-13(2)23-17)21-10-8-14(9-11-21)16(22)18-15-6-4-3-5-7-15/h3-7,12,14H,8-11H2,1-2H3,(H,18,22)/t12-/m1/s1. The van der Waals surface area contributed by atoms with E-state index in [-0.39, 0.29) is 17.9 Å². The molecular weight excluding hydrogens is 308 g/mol. The van der Waals surface area contributed by atoms with Gasteiger partial charge in [0, 0.05) is 11.6 Å². The maximum absolute atomic E-state index is 12.4. The average Bonchev–Trinajstić information content (AvgIpc) is 3.02. The molecule has 1 aromatic carbocycles. The lowest BCUT2D eigenvalue weighted by Gasteiger charge is -2.34. The monoisotopic (exact) mass is 330 g/mol. The lowest BCUT2D eigenvalue weighted by molar-refractivity contribution is -0.121. The molecule has 0 unspecified atom stereocenters. The van der Waals surface area contributed by atoms with E-state index in [4.69, 9.17) is 0 Å². The number of aromatic nitrogens is 2. The van der Waals surface area contributed by atoms with Crippen LogP contribution in [0.25, 0.3) is 0 Å². The highest BCUT2D eigenvalue weighted by Crippen LogP contribution is 2.28. The van der Waals surface area contributed by atoms with Crippen molar-refractivity contribution in [2.24, 2.45) is 5.92 Å². The second kappa shape index (κ2) is 7.19. The molecule has 1 aliphatic rings. The highest BCUT2D eigenvalue weighted by atomic mass is 32.1. The van der Waals surface area contributed by atoms with Crippen LogP contribution in [-0.4, -0.2) is 34.1 Å². The summed E-state index contributed by atoms with van der Waals surface area (Å²) in [6, 6.07) is 9.94. The summed E-state index contributed by atoms with van der Waals surface area (Å²) in [5.41, 5.74) is 0.873. The molecule has 0 radical (unpaired) electrons. The zero-order chi connectivity index (χ0) is 16.2. The summed E-state index contributed by atoms with van der Waals surface area (Å²) in [7, 11) is 0. The Labute approximate surface area is 140 Å². The number of piperidine rings is 1. The van der Waals surface area contributed by atoms with Gasteiger partial charge < -0.3 is 5.32 Å². The van der Waals surface area contributed by atoms with Crippen LogP contribution >= 0.6 is 11.3 Å². The molecule has 3 rings (SSSR count). The van der Waals surface area contributed by atoms with Crippen LogP contribution in [-0.2, 0) is 4.79 Å². The summed E-state index contributed by atoms with van der Waals surface area (Å²) < 4.78 is 0. The van der Waals surface area contributed by atoms with Crippen LogP contribution in [0.2, 0.25) is 0 Å². The third-order valence-corrected chi connectivity index (χ3v) is 5.40. The zero-order valence-corrected chi connectivity index (χ0v) is 14.3. The highest BCUT2D eigenvalue weighted by molar-refractivity contribution is 7.11. The van der Waals surface area contributed by atoms with E-state index in [1.165, 1.54) is 0 Å². The SMILES string of the molecule is Cc1nnc([C@@H](C)N2CCC(C(=O)Nc3ccccc3)CC2)s1. The normalized spacial score (nSPS) is 17.8. The molecule has 1 atom stereocenters. The van der Waals surface area contributed by atoms with E-state index in [0.717, 1.165) is 41.6 Å². The molecule has 1 N–H and O–H groups in total. The summed E-state index contributed by atoms with van der Waals surface area (Å²) in [5, 5.41) is 13.4. The van der Waals surface area contributed by atoms with E-state index in [1.807, 2.05) is 37.3 Å². The van der Waals surface area contributed by atoms with Crippen LogP contribution < -0.4 is 5.32 Å². The fourth-order valence-corrected chi connectivity index (χ4v) is 3.74. The number of hydrogen-bond acceptors (Lipinski definition) is 5. The van der Waals surface area contributed by atoms with E-state index in [9.17, 15) is 4.79 Å². The number of benzene rings is 1. The van der Waals surface area contributed by atoms with Gasteiger partial charge in [0.1, 0.15) is 10.0 Å². The number of nitrogens with zero attached hydrogens (tertiary/aromatic N) is 3. The summed E-state index contributed by atoms with van der Waals surface area (Å²) in [6.45, 7) is 6.00. The lowest BCUT2D eigenvalue weighted by Crippen LogP contribution is -2.39. The topological polar surface area (TPSA) is 58.1 Å². The Balaban J connectivity index is 1.53. The van der Waals surface area contributed by atoms with Gasteiger partial charge in [0.2, 0.25) is 5.91 Å². The smallest absolute Gasteiger partial charge is 0.227 e. The van der Waals surface area contributed by atoms with E-state index < -0.39 is 0 Å². The molecule has 1 saturated heterocycles. The van der Waals surface area contributed by atoms with Crippen LogP contribution in [0.5, 0.6) is 0 Å². The molecule has 5 nitrogen and oxygen atoms in total. The van der Waals surface area contributed by atoms with E-state index in [0.29, 0.717) is 0 Å². The molecule has 23 heavy (non-hydrogen) atoms. The molecule has 1 aromatic heterocycles. The van der Waals surface area contributed by atoms with Crippen molar-refractivity contribution in [3.63, 3.8) is 0 Å².